The molecule has 0 bridgehead atoms. The standard InChI is InChI=1S/C19H18O2S2/c1-19(2,3)23-18-16(22-13-9-5-4-6-10-13)14-11-7-8-12-15(14)17(20)21-18/h4-12H,1-3H3. The zero-order chi connectivity index (χ0) is 16.4. The van der Waals surface area contributed by atoms with Gasteiger partial charge in [0.2, 0.25) is 0 Å². The van der Waals surface area contributed by atoms with Crippen LogP contribution in [-0.4, -0.2) is 4.75 Å². The van der Waals surface area contributed by atoms with Gasteiger partial charge < -0.3 is 4.42 Å². The molecule has 3 aromatic rings. The third-order valence-electron chi connectivity index (χ3n) is 3.12. The van der Waals surface area contributed by atoms with Crippen molar-refractivity contribution in [3.8, 4) is 0 Å². The largest absolute Gasteiger partial charge is 0.415 e. The fraction of sp³-hybridized carbons (Fsp3) is 0.211. The average Bonchev–Trinajstić information content (AvgIpc) is 2.51. The smallest absolute Gasteiger partial charge is 0.344 e. The molecule has 0 aliphatic rings. The van der Waals surface area contributed by atoms with E-state index in [0.29, 0.717) is 10.5 Å². The first-order chi connectivity index (χ1) is 10.9. The Labute approximate surface area is 144 Å². The number of hydrogen-bond donors (Lipinski definition) is 0. The van der Waals surface area contributed by atoms with E-state index in [0.717, 1.165) is 15.2 Å². The van der Waals surface area contributed by atoms with Crippen molar-refractivity contribution in [2.45, 2.75) is 40.4 Å². The molecular formula is C19H18O2S2. The van der Waals surface area contributed by atoms with Gasteiger partial charge in [0.25, 0.3) is 0 Å². The molecule has 0 amide bonds. The van der Waals surface area contributed by atoms with Crippen LogP contribution in [-0.2, 0) is 0 Å². The Hall–Kier alpha value is -1.65. The molecule has 0 aliphatic carbocycles. The SMILES string of the molecule is CC(C)(C)Sc1oc(=O)c2ccccc2c1Sc1ccccc1. The van der Waals surface area contributed by atoms with Crippen LogP contribution >= 0.6 is 23.5 Å². The van der Waals surface area contributed by atoms with Crippen molar-refractivity contribution >= 4 is 34.3 Å². The van der Waals surface area contributed by atoms with Crippen molar-refractivity contribution in [2.24, 2.45) is 0 Å². The van der Waals surface area contributed by atoms with E-state index in [9.17, 15) is 4.79 Å². The van der Waals surface area contributed by atoms with Gasteiger partial charge in [-0.3, -0.25) is 0 Å². The molecule has 0 N–H and O–H groups in total. The molecule has 0 radical (unpaired) electrons. The lowest BCUT2D eigenvalue weighted by Crippen LogP contribution is -2.09. The molecule has 4 heteroatoms. The van der Waals surface area contributed by atoms with Crippen molar-refractivity contribution in [2.75, 3.05) is 0 Å². The van der Waals surface area contributed by atoms with E-state index >= 15 is 0 Å². The Balaban J connectivity index is 2.20. The van der Waals surface area contributed by atoms with Crippen LogP contribution < -0.4 is 5.63 Å². The lowest BCUT2D eigenvalue weighted by Gasteiger charge is -2.19. The molecule has 0 spiro atoms. The van der Waals surface area contributed by atoms with Crippen LogP contribution in [0.25, 0.3) is 10.8 Å². The van der Waals surface area contributed by atoms with Crippen molar-refractivity contribution in [1.29, 1.82) is 0 Å². The number of hydrogen-bond acceptors (Lipinski definition) is 4. The average molecular weight is 342 g/mol. The van der Waals surface area contributed by atoms with Gasteiger partial charge in [-0.2, -0.15) is 0 Å². The molecule has 0 atom stereocenters. The van der Waals surface area contributed by atoms with Crippen molar-refractivity contribution in [1.82, 2.24) is 0 Å². The van der Waals surface area contributed by atoms with Crippen LogP contribution in [0.4, 0.5) is 0 Å². The lowest BCUT2D eigenvalue weighted by atomic mass is 10.2. The van der Waals surface area contributed by atoms with E-state index in [2.05, 4.69) is 32.9 Å². The molecule has 1 heterocycles. The highest BCUT2D eigenvalue weighted by Crippen LogP contribution is 2.43. The van der Waals surface area contributed by atoms with Gasteiger partial charge in [-0.1, -0.05) is 80.7 Å². The Morgan fingerprint density at radius 1 is 0.870 bits per heavy atom. The molecule has 0 unspecified atom stereocenters. The summed E-state index contributed by atoms with van der Waals surface area (Å²) in [6.45, 7) is 6.34. The number of benzene rings is 2. The van der Waals surface area contributed by atoms with Crippen LogP contribution in [0.2, 0.25) is 0 Å². The van der Waals surface area contributed by atoms with Crippen LogP contribution in [0.5, 0.6) is 0 Å². The van der Waals surface area contributed by atoms with Gasteiger partial charge in [-0.25, -0.2) is 4.79 Å². The summed E-state index contributed by atoms with van der Waals surface area (Å²) in [6.07, 6.45) is 0. The maximum absolute atomic E-state index is 12.3. The molecule has 2 aromatic carbocycles. The summed E-state index contributed by atoms with van der Waals surface area (Å²) in [6, 6.07) is 17.8. The Morgan fingerprint density at radius 3 is 2.13 bits per heavy atom. The molecule has 1 aromatic heterocycles. The van der Waals surface area contributed by atoms with Crippen molar-refractivity contribution < 1.29 is 4.42 Å². The third-order valence-corrected chi connectivity index (χ3v) is 5.46. The van der Waals surface area contributed by atoms with Gasteiger partial charge in [-0.15, -0.1) is 0 Å². The summed E-state index contributed by atoms with van der Waals surface area (Å²) in [5.41, 5.74) is -0.273. The lowest BCUT2D eigenvalue weighted by molar-refractivity contribution is 0.411. The normalized spacial score (nSPS) is 11.8. The van der Waals surface area contributed by atoms with E-state index in [1.807, 2.05) is 42.5 Å². The summed E-state index contributed by atoms with van der Waals surface area (Å²) in [4.78, 5) is 14.4. The van der Waals surface area contributed by atoms with Crippen LogP contribution in [0.3, 0.4) is 0 Å². The maximum atomic E-state index is 12.3. The van der Waals surface area contributed by atoms with Gasteiger partial charge >= 0.3 is 5.63 Å². The Morgan fingerprint density at radius 2 is 1.48 bits per heavy atom. The molecule has 0 saturated heterocycles. The molecular weight excluding hydrogens is 324 g/mol. The van der Waals surface area contributed by atoms with E-state index in [1.54, 1.807) is 23.5 Å². The van der Waals surface area contributed by atoms with Crippen molar-refractivity contribution in [3.05, 3.63) is 65.0 Å². The first-order valence-electron chi connectivity index (χ1n) is 7.42. The number of rotatable bonds is 3. The highest BCUT2D eigenvalue weighted by molar-refractivity contribution is 8.03. The van der Waals surface area contributed by atoms with Crippen molar-refractivity contribution in [3.63, 3.8) is 0 Å². The fourth-order valence-corrected chi connectivity index (χ4v) is 4.27. The summed E-state index contributed by atoms with van der Waals surface area (Å²) in [5, 5.41) is 2.27. The molecule has 2 nitrogen and oxygen atoms in total. The van der Waals surface area contributed by atoms with Gasteiger partial charge in [0.05, 0.1) is 10.3 Å². The topological polar surface area (TPSA) is 30.2 Å². The molecule has 0 aliphatic heterocycles. The predicted octanol–water partition coefficient (Wildman–Crippen LogP) is 5.83. The second kappa shape index (κ2) is 6.46. The minimum Gasteiger partial charge on any atom is -0.415 e. The number of thioether (sulfide) groups is 1. The van der Waals surface area contributed by atoms with Gasteiger partial charge in [0.1, 0.15) is 0 Å². The second-order valence-corrected chi connectivity index (χ2v) is 9.06. The maximum Gasteiger partial charge on any atom is 0.344 e. The van der Waals surface area contributed by atoms with Gasteiger partial charge in [-0.05, 0) is 18.2 Å². The van der Waals surface area contributed by atoms with Crippen LogP contribution in [0.1, 0.15) is 20.8 Å². The van der Waals surface area contributed by atoms with Crippen LogP contribution in [0, 0.1) is 0 Å². The number of fused-ring (bicyclic) bond motifs is 1. The highest BCUT2D eigenvalue weighted by Gasteiger charge is 2.21. The summed E-state index contributed by atoms with van der Waals surface area (Å²) in [5.74, 6) is 0. The van der Waals surface area contributed by atoms with Gasteiger partial charge in [0.15, 0.2) is 5.09 Å². The summed E-state index contributed by atoms with van der Waals surface area (Å²) in [7, 11) is 0. The fourth-order valence-electron chi connectivity index (χ4n) is 2.20. The molecule has 3 rings (SSSR count). The minimum absolute atomic E-state index is 0.0373. The first kappa shape index (κ1) is 16.2. The highest BCUT2D eigenvalue weighted by atomic mass is 32.2. The van der Waals surface area contributed by atoms with E-state index in [1.165, 1.54) is 0 Å². The first-order valence-corrected chi connectivity index (χ1v) is 9.05. The Kier molecular flexibility index (Phi) is 4.55. The monoisotopic (exact) mass is 342 g/mol. The van der Waals surface area contributed by atoms with E-state index in [-0.39, 0.29) is 10.4 Å². The molecule has 0 fully saturated rings. The summed E-state index contributed by atoms with van der Waals surface area (Å²) >= 11 is 3.23. The second-order valence-electron chi connectivity index (χ2n) is 6.18. The third kappa shape index (κ3) is 3.82. The van der Waals surface area contributed by atoms with E-state index < -0.39 is 0 Å². The summed E-state index contributed by atoms with van der Waals surface area (Å²) < 4.78 is 5.62. The zero-order valence-electron chi connectivity index (χ0n) is 13.3. The predicted molar refractivity (Wildman–Crippen MR) is 98.7 cm³/mol. The quantitative estimate of drug-likeness (QED) is 0.560. The molecule has 0 saturated carbocycles. The Bertz CT molecular complexity index is 877. The minimum atomic E-state index is -0.273. The van der Waals surface area contributed by atoms with Gasteiger partial charge in [0, 0.05) is 15.0 Å². The van der Waals surface area contributed by atoms with E-state index in [4.69, 9.17) is 4.42 Å². The zero-order valence-corrected chi connectivity index (χ0v) is 15.0. The molecule has 23 heavy (non-hydrogen) atoms. The van der Waals surface area contributed by atoms with Crippen LogP contribution in [0.15, 0.2) is 78.7 Å². The molecule has 118 valence electrons.